The molecular formula is C19H22Cl2N2O3S. The highest BCUT2D eigenvalue weighted by molar-refractivity contribution is 7.89. The van der Waals surface area contributed by atoms with Gasteiger partial charge in [0.15, 0.2) is 0 Å². The van der Waals surface area contributed by atoms with E-state index in [-0.39, 0.29) is 15.7 Å². The fourth-order valence-electron chi connectivity index (χ4n) is 3.17. The SMILES string of the molecule is Cc1cc(O)c(CN2CCN(S(=O)(=O)c3cc(Cl)ccc3Cl)CC2)cc1C. The van der Waals surface area contributed by atoms with Crippen molar-refractivity contribution in [1.29, 1.82) is 0 Å². The number of phenolic OH excluding ortho intramolecular Hbond substituents is 1. The Bertz CT molecular complexity index is 956. The lowest BCUT2D eigenvalue weighted by Gasteiger charge is -2.34. The van der Waals surface area contributed by atoms with E-state index in [9.17, 15) is 13.5 Å². The molecule has 146 valence electrons. The van der Waals surface area contributed by atoms with E-state index in [1.807, 2.05) is 19.9 Å². The first-order chi connectivity index (χ1) is 12.7. The van der Waals surface area contributed by atoms with Crippen molar-refractivity contribution in [1.82, 2.24) is 9.21 Å². The van der Waals surface area contributed by atoms with E-state index >= 15 is 0 Å². The van der Waals surface area contributed by atoms with Crippen molar-refractivity contribution < 1.29 is 13.5 Å². The fraction of sp³-hybridized carbons (Fsp3) is 0.368. The minimum absolute atomic E-state index is 0.0388. The fourth-order valence-corrected chi connectivity index (χ4v) is 5.33. The number of phenols is 1. The number of hydrogen-bond donors (Lipinski definition) is 1. The van der Waals surface area contributed by atoms with Crippen molar-refractivity contribution in [2.24, 2.45) is 0 Å². The molecule has 2 aromatic rings. The van der Waals surface area contributed by atoms with E-state index in [1.165, 1.54) is 16.4 Å². The first kappa shape index (κ1) is 20.4. The summed E-state index contributed by atoms with van der Waals surface area (Å²) in [6.45, 7) is 6.42. The third kappa shape index (κ3) is 4.41. The lowest BCUT2D eigenvalue weighted by molar-refractivity contribution is 0.180. The topological polar surface area (TPSA) is 60.9 Å². The van der Waals surface area contributed by atoms with Crippen LogP contribution in [0.2, 0.25) is 10.0 Å². The van der Waals surface area contributed by atoms with Gasteiger partial charge >= 0.3 is 0 Å². The molecule has 3 rings (SSSR count). The number of benzene rings is 2. The van der Waals surface area contributed by atoms with Crippen molar-refractivity contribution in [2.45, 2.75) is 25.3 Å². The molecule has 0 bridgehead atoms. The maximum atomic E-state index is 12.9. The molecule has 1 N–H and O–H groups in total. The Balaban J connectivity index is 1.70. The van der Waals surface area contributed by atoms with Gasteiger partial charge in [-0.2, -0.15) is 4.31 Å². The monoisotopic (exact) mass is 428 g/mol. The van der Waals surface area contributed by atoms with Gasteiger partial charge in [0.1, 0.15) is 10.6 Å². The van der Waals surface area contributed by atoms with Crippen LogP contribution in [0.15, 0.2) is 35.2 Å². The largest absolute Gasteiger partial charge is 0.508 e. The average Bonchev–Trinajstić information content (AvgIpc) is 2.62. The molecule has 0 unspecified atom stereocenters. The Morgan fingerprint density at radius 3 is 2.30 bits per heavy atom. The number of halogens is 2. The molecule has 8 heteroatoms. The summed E-state index contributed by atoms with van der Waals surface area (Å²) in [5.41, 5.74) is 3.03. The second kappa shape index (κ2) is 7.97. The van der Waals surface area contributed by atoms with Crippen LogP contribution in [-0.4, -0.2) is 48.9 Å². The van der Waals surface area contributed by atoms with Crippen molar-refractivity contribution in [3.05, 3.63) is 57.1 Å². The van der Waals surface area contributed by atoms with Crippen LogP contribution in [0.3, 0.4) is 0 Å². The molecule has 5 nitrogen and oxygen atoms in total. The highest BCUT2D eigenvalue weighted by Gasteiger charge is 2.30. The van der Waals surface area contributed by atoms with Crippen LogP contribution in [0.5, 0.6) is 5.75 Å². The maximum absolute atomic E-state index is 12.9. The van der Waals surface area contributed by atoms with E-state index < -0.39 is 10.0 Å². The molecular weight excluding hydrogens is 407 g/mol. The minimum Gasteiger partial charge on any atom is -0.508 e. The van der Waals surface area contributed by atoms with Gasteiger partial charge < -0.3 is 5.11 Å². The molecule has 1 aliphatic rings. The summed E-state index contributed by atoms with van der Waals surface area (Å²) < 4.78 is 27.2. The summed E-state index contributed by atoms with van der Waals surface area (Å²) in [5, 5.41) is 10.7. The average molecular weight is 429 g/mol. The molecule has 0 radical (unpaired) electrons. The molecule has 0 saturated carbocycles. The summed E-state index contributed by atoms with van der Waals surface area (Å²) in [4.78, 5) is 2.17. The Hall–Kier alpha value is -1.31. The first-order valence-electron chi connectivity index (χ1n) is 8.65. The Morgan fingerprint density at radius 1 is 1.00 bits per heavy atom. The van der Waals surface area contributed by atoms with Gasteiger partial charge in [0, 0.05) is 43.3 Å². The van der Waals surface area contributed by atoms with Gasteiger partial charge in [-0.05, 0) is 49.2 Å². The number of sulfonamides is 1. The van der Waals surface area contributed by atoms with Crippen molar-refractivity contribution in [3.63, 3.8) is 0 Å². The molecule has 1 aliphatic heterocycles. The molecule has 0 atom stereocenters. The van der Waals surface area contributed by atoms with Gasteiger partial charge in [-0.1, -0.05) is 29.3 Å². The molecule has 2 aromatic carbocycles. The molecule has 0 amide bonds. The van der Waals surface area contributed by atoms with E-state index in [0.717, 1.165) is 16.7 Å². The Kier molecular flexibility index (Phi) is 6.03. The number of aromatic hydroxyl groups is 1. The smallest absolute Gasteiger partial charge is 0.244 e. The number of rotatable bonds is 4. The zero-order valence-electron chi connectivity index (χ0n) is 15.2. The predicted molar refractivity (Wildman–Crippen MR) is 108 cm³/mol. The van der Waals surface area contributed by atoms with Gasteiger partial charge in [0.05, 0.1) is 5.02 Å². The van der Waals surface area contributed by atoms with Crippen LogP contribution in [0.4, 0.5) is 0 Å². The molecule has 1 heterocycles. The van der Waals surface area contributed by atoms with Crippen molar-refractivity contribution in [2.75, 3.05) is 26.2 Å². The number of nitrogens with zero attached hydrogens (tertiary/aromatic N) is 2. The highest BCUT2D eigenvalue weighted by atomic mass is 35.5. The standard InChI is InChI=1S/C19H22Cl2N2O3S/c1-13-9-15(18(24)10-14(13)2)12-22-5-7-23(8-6-22)27(25,26)19-11-16(20)3-4-17(19)21/h3-4,9-11,24H,5-8,12H2,1-2H3. The van der Waals surface area contributed by atoms with E-state index in [1.54, 1.807) is 12.1 Å². The minimum atomic E-state index is -3.69. The third-order valence-electron chi connectivity index (χ3n) is 4.93. The summed E-state index contributed by atoms with van der Waals surface area (Å²) in [6, 6.07) is 8.21. The van der Waals surface area contributed by atoms with Crippen LogP contribution < -0.4 is 0 Å². The molecule has 1 saturated heterocycles. The van der Waals surface area contributed by atoms with E-state index in [2.05, 4.69) is 4.90 Å². The van der Waals surface area contributed by atoms with Crippen LogP contribution in [0, 0.1) is 13.8 Å². The van der Waals surface area contributed by atoms with E-state index in [4.69, 9.17) is 23.2 Å². The predicted octanol–water partition coefficient (Wildman–Crippen LogP) is 3.82. The summed E-state index contributed by atoms with van der Waals surface area (Å²) in [7, 11) is -3.69. The molecule has 0 aromatic heterocycles. The summed E-state index contributed by atoms with van der Waals surface area (Å²) in [6.07, 6.45) is 0. The number of aryl methyl sites for hydroxylation is 2. The van der Waals surface area contributed by atoms with Gasteiger partial charge in [-0.3, -0.25) is 4.90 Å². The molecule has 0 aliphatic carbocycles. The second-order valence-corrected chi connectivity index (χ2v) is 9.57. The van der Waals surface area contributed by atoms with Crippen LogP contribution in [0.1, 0.15) is 16.7 Å². The number of piperazine rings is 1. The van der Waals surface area contributed by atoms with Crippen molar-refractivity contribution >= 4 is 33.2 Å². The van der Waals surface area contributed by atoms with Crippen LogP contribution >= 0.6 is 23.2 Å². The highest BCUT2D eigenvalue weighted by Crippen LogP contribution is 2.29. The third-order valence-corrected chi connectivity index (χ3v) is 7.55. The lowest BCUT2D eigenvalue weighted by atomic mass is 10.0. The second-order valence-electron chi connectivity index (χ2n) is 6.82. The molecule has 27 heavy (non-hydrogen) atoms. The summed E-state index contributed by atoms with van der Waals surface area (Å²) in [5.74, 6) is 0.277. The zero-order chi connectivity index (χ0) is 19.8. The Morgan fingerprint density at radius 2 is 1.63 bits per heavy atom. The van der Waals surface area contributed by atoms with Crippen LogP contribution in [0.25, 0.3) is 0 Å². The Labute approximate surface area is 170 Å². The zero-order valence-corrected chi connectivity index (χ0v) is 17.6. The van der Waals surface area contributed by atoms with Gasteiger partial charge in [0.2, 0.25) is 10.0 Å². The van der Waals surface area contributed by atoms with Crippen molar-refractivity contribution in [3.8, 4) is 5.75 Å². The summed E-state index contributed by atoms with van der Waals surface area (Å²) >= 11 is 12.0. The maximum Gasteiger partial charge on any atom is 0.244 e. The normalized spacial score (nSPS) is 16.6. The molecule has 0 spiro atoms. The van der Waals surface area contributed by atoms with Crippen LogP contribution in [-0.2, 0) is 16.6 Å². The first-order valence-corrected chi connectivity index (χ1v) is 10.8. The quantitative estimate of drug-likeness (QED) is 0.803. The molecule has 1 fully saturated rings. The van der Waals surface area contributed by atoms with Gasteiger partial charge in [-0.25, -0.2) is 8.42 Å². The van der Waals surface area contributed by atoms with Gasteiger partial charge in [0.25, 0.3) is 0 Å². The van der Waals surface area contributed by atoms with E-state index in [0.29, 0.717) is 37.7 Å². The number of hydrogen-bond acceptors (Lipinski definition) is 4. The van der Waals surface area contributed by atoms with Gasteiger partial charge in [-0.15, -0.1) is 0 Å². The lowest BCUT2D eigenvalue weighted by Crippen LogP contribution is -2.48.